The molecule has 3 nitrogen and oxygen atoms in total. The van der Waals surface area contributed by atoms with Gasteiger partial charge < -0.3 is 4.98 Å². The number of aromatic nitrogens is 2. The summed E-state index contributed by atoms with van der Waals surface area (Å²) in [5.74, 6) is 0.852. The largest absolute Gasteiger partial charge is 0.310 e. The van der Waals surface area contributed by atoms with Crippen LogP contribution in [0.2, 0.25) is 0 Å². The summed E-state index contributed by atoms with van der Waals surface area (Å²) in [5, 5.41) is 0. The average molecular weight is 250 g/mol. The van der Waals surface area contributed by atoms with E-state index in [1.54, 1.807) is 13.0 Å². The molecule has 0 bridgehead atoms. The van der Waals surface area contributed by atoms with E-state index in [1.165, 1.54) is 30.0 Å². The lowest BCUT2D eigenvalue weighted by Gasteiger charge is -2.02. The zero-order valence-corrected chi connectivity index (χ0v) is 10.1. The van der Waals surface area contributed by atoms with Crippen molar-refractivity contribution in [3.63, 3.8) is 0 Å². The molecule has 5 heteroatoms. The zero-order chi connectivity index (χ0) is 12.3. The molecule has 1 aromatic heterocycles. The van der Waals surface area contributed by atoms with Gasteiger partial charge in [0.05, 0.1) is 5.75 Å². The number of benzene rings is 1. The SMILES string of the molecule is Cc1cc(=O)[nH]c(CSc2cccc(F)c2)n1. The molecule has 0 radical (unpaired) electrons. The third kappa shape index (κ3) is 3.42. The second-order valence-electron chi connectivity index (χ2n) is 3.58. The molecule has 1 heterocycles. The summed E-state index contributed by atoms with van der Waals surface area (Å²) in [6.45, 7) is 1.77. The van der Waals surface area contributed by atoms with Crippen LogP contribution in [0.1, 0.15) is 11.5 Å². The minimum Gasteiger partial charge on any atom is -0.310 e. The van der Waals surface area contributed by atoms with Crippen LogP contribution in [0.3, 0.4) is 0 Å². The first-order valence-electron chi connectivity index (χ1n) is 5.09. The molecular formula is C12H11FN2OS. The highest BCUT2D eigenvalue weighted by Crippen LogP contribution is 2.21. The lowest BCUT2D eigenvalue weighted by atomic mass is 10.4. The second kappa shape index (κ2) is 5.14. The first kappa shape index (κ1) is 11.9. The Morgan fingerprint density at radius 1 is 1.41 bits per heavy atom. The van der Waals surface area contributed by atoms with E-state index in [0.717, 1.165) is 4.90 Å². The van der Waals surface area contributed by atoms with E-state index in [-0.39, 0.29) is 11.4 Å². The number of nitrogens with one attached hydrogen (secondary N) is 1. The van der Waals surface area contributed by atoms with E-state index < -0.39 is 0 Å². The quantitative estimate of drug-likeness (QED) is 0.851. The van der Waals surface area contributed by atoms with E-state index in [1.807, 2.05) is 6.07 Å². The van der Waals surface area contributed by atoms with E-state index in [0.29, 0.717) is 17.3 Å². The van der Waals surface area contributed by atoms with Crippen LogP contribution in [-0.4, -0.2) is 9.97 Å². The third-order valence-electron chi connectivity index (χ3n) is 2.09. The molecule has 0 aliphatic carbocycles. The van der Waals surface area contributed by atoms with Gasteiger partial charge in [0.2, 0.25) is 0 Å². The fourth-order valence-corrected chi connectivity index (χ4v) is 2.23. The number of aryl methyl sites for hydroxylation is 1. The monoisotopic (exact) mass is 250 g/mol. The van der Waals surface area contributed by atoms with Crippen LogP contribution in [0.4, 0.5) is 4.39 Å². The van der Waals surface area contributed by atoms with Crippen LogP contribution < -0.4 is 5.56 Å². The van der Waals surface area contributed by atoms with Crippen LogP contribution in [0.25, 0.3) is 0 Å². The maximum atomic E-state index is 12.9. The maximum absolute atomic E-state index is 12.9. The lowest BCUT2D eigenvalue weighted by Crippen LogP contribution is -2.10. The van der Waals surface area contributed by atoms with Gasteiger partial charge in [-0.3, -0.25) is 4.79 Å². The van der Waals surface area contributed by atoms with Crippen molar-refractivity contribution in [1.29, 1.82) is 0 Å². The standard InChI is InChI=1S/C12H11FN2OS/c1-8-5-12(16)15-11(14-8)7-17-10-4-2-3-9(13)6-10/h2-6H,7H2,1H3,(H,14,15,16). The number of halogens is 1. The van der Waals surface area contributed by atoms with E-state index in [2.05, 4.69) is 9.97 Å². The highest BCUT2D eigenvalue weighted by molar-refractivity contribution is 7.98. The Hall–Kier alpha value is -1.62. The smallest absolute Gasteiger partial charge is 0.251 e. The summed E-state index contributed by atoms with van der Waals surface area (Å²) in [7, 11) is 0. The normalized spacial score (nSPS) is 10.5. The number of aromatic amines is 1. The summed E-state index contributed by atoms with van der Waals surface area (Å²) in [6.07, 6.45) is 0. The minimum absolute atomic E-state index is 0.160. The van der Waals surface area contributed by atoms with Gasteiger partial charge in [-0.05, 0) is 25.1 Å². The minimum atomic E-state index is -0.263. The van der Waals surface area contributed by atoms with Gasteiger partial charge >= 0.3 is 0 Å². The van der Waals surface area contributed by atoms with Gasteiger partial charge in [-0.25, -0.2) is 9.37 Å². The van der Waals surface area contributed by atoms with Crippen molar-refractivity contribution in [2.45, 2.75) is 17.6 Å². The Morgan fingerprint density at radius 3 is 2.94 bits per heavy atom. The highest BCUT2D eigenvalue weighted by Gasteiger charge is 2.01. The van der Waals surface area contributed by atoms with E-state index in [9.17, 15) is 9.18 Å². The number of hydrogen-bond acceptors (Lipinski definition) is 3. The molecule has 0 amide bonds. The first-order valence-corrected chi connectivity index (χ1v) is 6.07. The van der Waals surface area contributed by atoms with Crippen molar-refractivity contribution >= 4 is 11.8 Å². The fraction of sp³-hybridized carbons (Fsp3) is 0.167. The van der Waals surface area contributed by atoms with Crippen molar-refractivity contribution in [1.82, 2.24) is 9.97 Å². The molecule has 0 fully saturated rings. The molecule has 1 N–H and O–H groups in total. The van der Waals surface area contributed by atoms with Crippen LogP contribution >= 0.6 is 11.8 Å². The molecular weight excluding hydrogens is 239 g/mol. The average Bonchev–Trinajstić information content (AvgIpc) is 2.25. The molecule has 88 valence electrons. The van der Waals surface area contributed by atoms with Crippen molar-refractivity contribution in [3.8, 4) is 0 Å². The Bertz CT molecular complexity index is 583. The van der Waals surface area contributed by atoms with Gasteiger partial charge in [0, 0.05) is 16.7 Å². The molecule has 1 aromatic carbocycles. The molecule has 0 atom stereocenters. The number of thioether (sulfide) groups is 1. The Morgan fingerprint density at radius 2 is 2.24 bits per heavy atom. The summed E-state index contributed by atoms with van der Waals surface area (Å²) in [4.78, 5) is 18.9. The van der Waals surface area contributed by atoms with Crippen LogP contribution in [-0.2, 0) is 5.75 Å². The predicted molar refractivity (Wildman–Crippen MR) is 65.6 cm³/mol. The zero-order valence-electron chi connectivity index (χ0n) is 9.24. The van der Waals surface area contributed by atoms with Crippen LogP contribution in [0, 0.1) is 12.7 Å². The highest BCUT2D eigenvalue weighted by atomic mass is 32.2. The van der Waals surface area contributed by atoms with Gasteiger partial charge in [-0.1, -0.05) is 6.07 Å². The Balaban J connectivity index is 2.09. The molecule has 17 heavy (non-hydrogen) atoms. The van der Waals surface area contributed by atoms with Gasteiger partial charge in [0.15, 0.2) is 0 Å². The van der Waals surface area contributed by atoms with Gasteiger partial charge in [0.1, 0.15) is 11.6 Å². The second-order valence-corrected chi connectivity index (χ2v) is 4.63. The van der Waals surface area contributed by atoms with Crippen molar-refractivity contribution in [3.05, 3.63) is 58.0 Å². The van der Waals surface area contributed by atoms with Crippen molar-refractivity contribution < 1.29 is 4.39 Å². The van der Waals surface area contributed by atoms with Gasteiger partial charge in [0.25, 0.3) is 5.56 Å². The van der Waals surface area contributed by atoms with E-state index in [4.69, 9.17) is 0 Å². The lowest BCUT2D eigenvalue weighted by molar-refractivity contribution is 0.624. The molecule has 0 aliphatic rings. The third-order valence-corrected chi connectivity index (χ3v) is 3.10. The number of H-pyrrole nitrogens is 1. The number of nitrogens with zero attached hydrogens (tertiary/aromatic N) is 1. The summed E-state index contributed by atoms with van der Waals surface area (Å²) >= 11 is 1.43. The molecule has 0 aliphatic heterocycles. The number of rotatable bonds is 3. The molecule has 2 rings (SSSR count). The summed E-state index contributed by atoms with van der Waals surface area (Å²) in [5.41, 5.74) is 0.524. The molecule has 0 spiro atoms. The van der Waals surface area contributed by atoms with Crippen LogP contribution in [0.5, 0.6) is 0 Å². The first-order chi connectivity index (χ1) is 8.13. The predicted octanol–water partition coefficient (Wildman–Crippen LogP) is 2.51. The fourth-order valence-electron chi connectivity index (χ4n) is 1.42. The van der Waals surface area contributed by atoms with Crippen molar-refractivity contribution in [2.75, 3.05) is 0 Å². The maximum Gasteiger partial charge on any atom is 0.251 e. The molecule has 2 aromatic rings. The molecule has 0 saturated heterocycles. The van der Waals surface area contributed by atoms with Crippen LogP contribution in [0.15, 0.2) is 40.0 Å². The molecule has 0 saturated carbocycles. The van der Waals surface area contributed by atoms with Crippen molar-refractivity contribution in [2.24, 2.45) is 0 Å². The van der Waals surface area contributed by atoms with E-state index >= 15 is 0 Å². The van der Waals surface area contributed by atoms with Gasteiger partial charge in [-0.2, -0.15) is 0 Å². The Labute approximate surface area is 102 Å². The summed E-state index contributed by atoms with van der Waals surface area (Å²) < 4.78 is 12.9. The topological polar surface area (TPSA) is 45.8 Å². The molecule has 0 unspecified atom stereocenters. The Kier molecular flexibility index (Phi) is 3.58. The number of hydrogen-bond donors (Lipinski definition) is 1. The van der Waals surface area contributed by atoms with Gasteiger partial charge in [-0.15, -0.1) is 11.8 Å². The summed E-state index contributed by atoms with van der Waals surface area (Å²) in [6, 6.07) is 7.78.